The van der Waals surface area contributed by atoms with E-state index in [1.807, 2.05) is 13.8 Å². The molecule has 0 aliphatic rings. The summed E-state index contributed by atoms with van der Waals surface area (Å²) in [4.78, 5) is 10.4. The molecule has 0 aromatic heterocycles. The van der Waals surface area contributed by atoms with Crippen LogP contribution in [0, 0.1) is 5.92 Å². The number of alkyl halides is 3. The van der Waals surface area contributed by atoms with Crippen molar-refractivity contribution < 1.29 is 22.7 Å². The summed E-state index contributed by atoms with van der Waals surface area (Å²) in [7, 11) is 0. The van der Waals surface area contributed by atoms with E-state index in [9.17, 15) is 18.0 Å². The highest BCUT2D eigenvalue weighted by Gasteiger charge is 2.41. The molecule has 0 aromatic rings. The topological polar surface area (TPSA) is 26.3 Å². The van der Waals surface area contributed by atoms with Crippen molar-refractivity contribution in [3.05, 3.63) is 0 Å². The van der Waals surface area contributed by atoms with E-state index in [0.717, 1.165) is 25.7 Å². The Bertz CT molecular complexity index is 190. The number of hydrogen-bond donors (Lipinski definition) is 0. The van der Waals surface area contributed by atoms with E-state index in [1.54, 1.807) is 0 Å². The van der Waals surface area contributed by atoms with Gasteiger partial charge in [-0.1, -0.05) is 33.1 Å². The molecule has 0 aromatic carbocycles. The third-order valence-corrected chi connectivity index (χ3v) is 2.22. The largest absolute Gasteiger partial charge is 0.490 e. The zero-order chi connectivity index (χ0) is 11.9. The minimum Gasteiger partial charge on any atom is -0.459 e. The van der Waals surface area contributed by atoms with Crippen LogP contribution in [0.4, 0.5) is 13.2 Å². The van der Waals surface area contributed by atoms with Crippen molar-refractivity contribution >= 4 is 5.97 Å². The Kier molecular flexibility index (Phi) is 6.36. The average Bonchev–Trinajstić information content (AvgIpc) is 2.16. The van der Waals surface area contributed by atoms with Gasteiger partial charge in [0.2, 0.25) is 0 Å². The molecule has 0 amide bonds. The molecule has 0 N–H and O–H groups in total. The summed E-state index contributed by atoms with van der Waals surface area (Å²) in [6.45, 7) is 3.75. The van der Waals surface area contributed by atoms with E-state index in [-0.39, 0.29) is 12.5 Å². The fraction of sp³-hybridized carbons (Fsp3) is 0.900. The molecule has 0 aliphatic heterocycles. The third kappa shape index (κ3) is 6.36. The SMILES string of the molecule is CCCC[C@@H](CC)COC(=O)C(F)(F)F. The van der Waals surface area contributed by atoms with E-state index in [2.05, 4.69) is 4.74 Å². The van der Waals surface area contributed by atoms with Crippen LogP contribution >= 0.6 is 0 Å². The molecule has 1 atom stereocenters. The Morgan fingerprint density at radius 2 is 1.93 bits per heavy atom. The molecule has 0 fully saturated rings. The molecular weight excluding hydrogens is 209 g/mol. The summed E-state index contributed by atoms with van der Waals surface area (Å²) in [5.41, 5.74) is 0. The van der Waals surface area contributed by atoms with Crippen LogP contribution in [-0.4, -0.2) is 18.8 Å². The second kappa shape index (κ2) is 6.69. The van der Waals surface area contributed by atoms with Crippen molar-refractivity contribution in [2.24, 2.45) is 5.92 Å². The zero-order valence-electron chi connectivity index (χ0n) is 9.06. The van der Waals surface area contributed by atoms with Gasteiger partial charge in [0.25, 0.3) is 0 Å². The van der Waals surface area contributed by atoms with Gasteiger partial charge in [-0.3, -0.25) is 0 Å². The van der Waals surface area contributed by atoms with Gasteiger partial charge in [0.15, 0.2) is 0 Å². The van der Waals surface area contributed by atoms with E-state index in [4.69, 9.17) is 0 Å². The molecule has 0 unspecified atom stereocenters. The number of carbonyl (C=O) groups excluding carboxylic acids is 1. The standard InChI is InChI=1S/C10H17F3O2/c1-3-5-6-8(4-2)7-15-9(14)10(11,12)13/h8H,3-7H2,1-2H3/t8-/m1/s1. The Hall–Kier alpha value is -0.740. The minimum absolute atomic E-state index is 0.0382. The Morgan fingerprint density at radius 3 is 2.33 bits per heavy atom. The summed E-state index contributed by atoms with van der Waals surface area (Å²) >= 11 is 0. The van der Waals surface area contributed by atoms with Crippen LogP contribution in [0.3, 0.4) is 0 Å². The maximum atomic E-state index is 11.8. The Balaban J connectivity index is 3.85. The van der Waals surface area contributed by atoms with Crippen molar-refractivity contribution in [2.45, 2.75) is 45.7 Å². The van der Waals surface area contributed by atoms with Crippen LogP contribution in [0.25, 0.3) is 0 Å². The van der Waals surface area contributed by atoms with E-state index in [1.165, 1.54) is 0 Å². The molecular formula is C10H17F3O2. The lowest BCUT2D eigenvalue weighted by molar-refractivity contribution is -0.201. The Morgan fingerprint density at radius 1 is 1.33 bits per heavy atom. The van der Waals surface area contributed by atoms with Crippen molar-refractivity contribution in [2.75, 3.05) is 6.61 Å². The molecule has 0 saturated carbocycles. The maximum absolute atomic E-state index is 11.8. The summed E-state index contributed by atoms with van der Waals surface area (Å²) < 4.78 is 39.5. The van der Waals surface area contributed by atoms with Gasteiger partial charge in [-0.15, -0.1) is 0 Å². The lowest BCUT2D eigenvalue weighted by Crippen LogP contribution is -2.27. The van der Waals surface area contributed by atoms with Crippen molar-refractivity contribution in [3.63, 3.8) is 0 Å². The highest BCUT2D eigenvalue weighted by molar-refractivity contribution is 5.75. The fourth-order valence-electron chi connectivity index (χ4n) is 1.17. The summed E-state index contributed by atoms with van der Waals surface area (Å²) in [5.74, 6) is -2.05. The highest BCUT2D eigenvalue weighted by atomic mass is 19.4. The lowest BCUT2D eigenvalue weighted by atomic mass is 10.0. The molecule has 5 heteroatoms. The van der Waals surface area contributed by atoms with Crippen LogP contribution in [0.1, 0.15) is 39.5 Å². The van der Waals surface area contributed by atoms with Gasteiger partial charge >= 0.3 is 12.1 Å². The molecule has 0 saturated heterocycles. The van der Waals surface area contributed by atoms with Gasteiger partial charge in [0.05, 0.1) is 6.61 Å². The molecule has 2 nitrogen and oxygen atoms in total. The summed E-state index contributed by atoms with van der Waals surface area (Å²) in [5, 5.41) is 0. The molecule has 0 rings (SSSR count). The first-order chi connectivity index (χ1) is 6.91. The zero-order valence-corrected chi connectivity index (χ0v) is 9.06. The first-order valence-electron chi connectivity index (χ1n) is 5.15. The normalized spacial score (nSPS) is 13.7. The summed E-state index contributed by atoms with van der Waals surface area (Å²) in [6.07, 6.45) is -1.40. The molecule has 0 heterocycles. The van der Waals surface area contributed by atoms with Gasteiger partial charge in [0, 0.05) is 0 Å². The minimum atomic E-state index is -4.87. The molecule has 0 radical (unpaired) electrons. The number of esters is 1. The van der Waals surface area contributed by atoms with Gasteiger partial charge < -0.3 is 4.74 Å². The van der Waals surface area contributed by atoms with Crippen LogP contribution in [-0.2, 0) is 9.53 Å². The average molecular weight is 226 g/mol. The van der Waals surface area contributed by atoms with Gasteiger partial charge in [0.1, 0.15) is 0 Å². The quantitative estimate of drug-likeness (QED) is 0.649. The number of hydrogen-bond acceptors (Lipinski definition) is 2. The second-order valence-electron chi connectivity index (χ2n) is 3.51. The van der Waals surface area contributed by atoms with Gasteiger partial charge in [-0.25, -0.2) is 4.79 Å². The molecule has 0 aliphatic carbocycles. The smallest absolute Gasteiger partial charge is 0.459 e. The number of ether oxygens (including phenoxy) is 1. The third-order valence-electron chi connectivity index (χ3n) is 2.22. The van der Waals surface area contributed by atoms with Crippen molar-refractivity contribution in [3.8, 4) is 0 Å². The first kappa shape index (κ1) is 14.3. The van der Waals surface area contributed by atoms with Crippen molar-refractivity contribution in [1.29, 1.82) is 0 Å². The first-order valence-corrected chi connectivity index (χ1v) is 5.15. The molecule has 15 heavy (non-hydrogen) atoms. The predicted octanol–water partition coefficient (Wildman–Crippen LogP) is 3.31. The van der Waals surface area contributed by atoms with E-state index >= 15 is 0 Å². The van der Waals surface area contributed by atoms with Crippen molar-refractivity contribution in [1.82, 2.24) is 0 Å². The number of carbonyl (C=O) groups is 1. The Labute approximate surface area is 87.8 Å². The maximum Gasteiger partial charge on any atom is 0.490 e. The fourth-order valence-corrected chi connectivity index (χ4v) is 1.17. The predicted molar refractivity (Wildman–Crippen MR) is 50.3 cm³/mol. The molecule has 0 bridgehead atoms. The highest BCUT2D eigenvalue weighted by Crippen LogP contribution is 2.19. The van der Waals surface area contributed by atoms with Gasteiger partial charge in [-0.2, -0.15) is 13.2 Å². The number of unbranched alkanes of at least 4 members (excludes halogenated alkanes) is 1. The number of halogens is 3. The second-order valence-corrected chi connectivity index (χ2v) is 3.51. The van der Waals surface area contributed by atoms with Crippen LogP contribution in [0.5, 0.6) is 0 Å². The van der Waals surface area contributed by atoms with E-state index in [0.29, 0.717) is 0 Å². The monoisotopic (exact) mass is 226 g/mol. The molecule has 0 spiro atoms. The van der Waals surface area contributed by atoms with Gasteiger partial charge in [-0.05, 0) is 12.3 Å². The van der Waals surface area contributed by atoms with E-state index < -0.39 is 12.1 Å². The van der Waals surface area contributed by atoms with Crippen LogP contribution in [0.2, 0.25) is 0 Å². The molecule has 90 valence electrons. The lowest BCUT2D eigenvalue weighted by Gasteiger charge is -2.15. The van der Waals surface area contributed by atoms with Crippen LogP contribution in [0.15, 0.2) is 0 Å². The number of rotatable bonds is 6. The summed E-state index contributed by atoms with van der Waals surface area (Å²) in [6, 6.07) is 0. The van der Waals surface area contributed by atoms with Crippen LogP contribution < -0.4 is 0 Å².